The first-order valence-corrected chi connectivity index (χ1v) is 4.45. The normalized spacial score (nSPS) is 22.8. The SMILES string of the molecule is O=C1C=Cc2cccc3c2C1CN3. The van der Waals surface area contributed by atoms with Crippen molar-refractivity contribution >= 4 is 17.5 Å². The molecule has 2 heteroatoms. The van der Waals surface area contributed by atoms with Crippen LogP contribution in [-0.4, -0.2) is 12.3 Å². The molecule has 0 bridgehead atoms. The minimum atomic E-state index is 0.0659. The van der Waals surface area contributed by atoms with Crippen LogP contribution in [0.2, 0.25) is 0 Å². The zero-order valence-electron chi connectivity index (χ0n) is 7.08. The third kappa shape index (κ3) is 0.800. The average Bonchev–Trinajstić information content (AvgIpc) is 2.57. The number of allylic oxidation sites excluding steroid dienone is 1. The maximum absolute atomic E-state index is 11.5. The third-order valence-corrected chi connectivity index (χ3v) is 2.76. The Hall–Kier alpha value is -1.57. The maximum atomic E-state index is 11.5. The van der Waals surface area contributed by atoms with Gasteiger partial charge in [0.05, 0.1) is 5.92 Å². The largest absolute Gasteiger partial charge is 0.384 e. The first-order valence-electron chi connectivity index (χ1n) is 4.45. The van der Waals surface area contributed by atoms with Crippen LogP contribution in [0, 0.1) is 0 Å². The van der Waals surface area contributed by atoms with Crippen LogP contribution in [0.25, 0.3) is 6.08 Å². The number of anilines is 1. The summed E-state index contributed by atoms with van der Waals surface area (Å²) in [6.07, 6.45) is 3.59. The molecule has 0 fully saturated rings. The van der Waals surface area contributed by atoms with Gasteiger partial charge >= 0.3 is 0 Å². The van der Waals surface area contributed by atoms with Crippen molar-refractivity contribution in [2.45, 2.75) is 5.92 Å². The number of nitrogens with one attached hydrogen (secondary N) is 1. The molecule has 1 aromatic rings. The van der Waals surface area contributed by atoms with E-state index in [-0.39, 0.29) is 11.7 Å². The summed E-state index contributed by atoms with van der Waals surface area (Å²) in [4.78, 5) is 11.5. The predicted molar refractivity (Wildman–Crippen MR) is 51.7 cm³/mol. The van der Waals surface area contributed by atoms with E-state index in [9.17, 15) is 4.79 Å². The fourth-order valence-corrected chi connectivity index (χ4v) is 2.12. The fraction of sp³-hybridized carbons (Fsp3) is 0.182. The molecule has 0 radical (unpaired) electrons. The lowest BCUT2D eigenvalue weighted by Crippen LogP contribution is -2.15. The van der Waals surface area contributed by atoms with Crippen molar-refractivity contribution in [3.8, 4) is 0 Å². The Labute approximate surface area is 76.3 Å². The molecule has 64 valence electrons. The second-order valence-electron chi connectivity index (χ2n) is 3.48. The van der Waals surface area contributed by atoms with Crippen LogP contribution in [0.1, 0.15) is 17.0 Å². The molecule has 0 saturated carbocycles. The lowest BCUT2D eigenvalue weighted by atomic mass is 9.88. The van der Waals surface area contributed by atoms with Gasteiger partial charge < -0.3 is 5.32 Å². The highest BCUT2D eigenvalue weighted by molar-refractivity contribution is 6.04. The second-order valence-corrected chi connectivity index (χ2v) is 3.48. The first-order chi connectivity index (χ1) is 6.36. The van der Waals surface area contributed by atoms with E-state index in [2.05, 4.69) is 11.4 Å². The van der Waals surface area contributed by atoms with Gasteiger partial charge in [0.15, 0.2) is 5.78 Å². The molecule has 0 amide bonds. The molecule has 0 spiro atoms. The van der Waals surface area contributed by atoms with Crippen LogP contribution in [0.4, 0.5) is 5.69 Å². The Morgan fingerprint density at radius 1 is 1.31 bits per heavy atom. The molecular formula is C11H9NO. The lowest BCUT2D eigenvalue weighted by Gasteiger charge is -2.13. The minimum absolute atomic E-state index is 0.0659. The Bertz CT molecular complexity index is 420. The van der Waals surface area contributed by atoms with Gasteiger partial charge in [0.1, 0.15) is 0 Å². The van der Waals surface area contributed by atoms with Crippen molar-refractivity contribution in [3.63, 3.8) is 0 Å². The van der Waals surface area contributed by atoms with Gasteiger partial charge in [-0.3, -0.25) is 4.79 Å². The Balaban J connectivity index is 2.32. The predicted octanol–water partition coefficient (Wildman–Crippen LogP) is 1.79. The number of rotatable bonds is 0. The van der Waals surface area contributed by atoms with Crippen molar-refractivity contribution in [1.82, 2.24) is 0 Å². The molecule has 1 aromatic carbocycles. The van der Waals surface area contributed by atoms with E-state index >= 15 is 0 Å². The molecule has 0 aromatic heterocycles. The van der Waals surface area contributed by atoms with E-state index in [0.717, 1.165) is 12.2 Å². The molecule has 1 aliphatic carbocycles. The summed E-state index contributed by atoms with van der Waals surface area (Å²) >= 11 is 0. The van der Waals surface area contributed by atoms with Gasteiger partial charge in [-0.1, -0.05) is 18.2 Å². The summed E-state index contributed by atoms with van der Waals surface area (Å²) in [5.74, 6) is 0.293. The molecule has 3 rings (SSSR count). The standard InChI is InChI=1S/C11H9NO/c13-10-5-4-7-2-1-3-9-11(7)8(10)6-12-9/h1-5,8,12H,6H2. The molecule has 1 N–H and O–H groups in total. The van der Waals surface area contributed by atoms with Crippen molar-refractivity contribution in [2.24, 2.45) is 0 Å². The summed E-state index contributed by atoms with van der Waals surface area (Å²) in [6, 6.07) is 6.11. The fourth-order valence-electron chi connectivity index (χ4n) is 2.12. The summed E-state index contributed by atoms with van der Waals surface area (Å²) in [7, 11) is 0. The van der Waals surface area contributed by atoms with Crippen LogP contribution in [0.5, 0.6) is 0 Å². The van der Waals surface area contributed by atoms with Crippen molar-refractivity contribution < 1.29 is 4.79 Å². The van der Waals surface area contributed by atoms with Crippen molar-refractivity contribution in [1.29, 1.82) is 0 Å². The Kier molecular flexibility index (Phi) is 1.18. The molecule has 1 unspecified atom stereocenters. The highest BCUT2D eigenvalue weighted by atomic mass is 16.1. The quantitative estimate of drug-likeness (QED) is 0.644. The molecule has 0 saturated heterocycles. The Morgan fingerprint density at radius 3 is 3.15 bits per heavy atom. The highest BCUT2D eigenvalue weighted by Crippen LogP contribution is 2.38. The van der Waals surface area contributed by atoms with Gasteiger partial charge in [0, 0.05) is 12.2 Å². The minimum Gasteiger partial charge on any atom is -0.384 e. The second kappa shape index (κ2) is 2.22. The van der Waals surface area contributed by atoms with Gasteiger partial charge in [-0.05, 0) is 23.3 Å². The average molecular weight is 171 g/mol. The van der Waals surface area contributed by atoms with Gasteiger partial charge in [0.2, 0.25) is 0 Å². The number of carbonyl (C=O) groups is 1. The maximum Gasteiger partial charge on any atom is 0.165 e. The van der Waals surface area contributed by atoms with E-state index in [4.69, 9.17) is 0 Å². The summed E-state index contributed by atoms with van der Waals surface area (Å²) in [6.45, 7) is 0.759. The van der Waals surface area contributed by atoms with E-state index in [1.807, 2.05) is 18.2 Å². The molecular weight excluding hydrogens is 162 g/mol. The number of hydrogen-bond donors (Lipinski definition) is 1. The third-order valence-electron chi connectivity index (χ3n) is 2.76. The van der Waals surface area contributed by atoms with Crippen molar-refractivity contribution in [2.75, 3.05) is 11.9 Å². The van der Waals surface area contributed by atoms with Crippen molar-refractivity contribution in [3.05, 3.63) is 35.4 Å². The van der Waals surface area contributed by atoms with E-state index in [1.165, 1.54) is 11.1 Å². The molecule has 1 aliphatic heterocycles. The summed E-state index contributed by atoms with van der Waals surface area (Å²) < 4.78 is 0. The van der Waals surface area contributed by atoms with Gasteiger partial charge in [-0.25, -0.2) is 0 Å². The molecule has 1 atom stereocenters. The van der Waals surface area contributed by atoms with Gasteiger partial charge in [-0.2, -0.15) is 0 Å². The molecule has 2 nitrogen and oxygen atoms in total. The van der Waals surface area contributed by atoms with Crippen LogP contribution in [-0.2, 0) is 4.79 Å². The highest BCUT2D eigenvalue weighted by Gasteiger charge is 2.30. The topological polar surface area (TPSA) is 29.1 Å². The summed E-state index contributed by atoms with van der Waals surface area (Å²) in [5.41, 5.74) is 3.50. The number of hydrogen-bond acceptors (Lipinski definition) is 2. The van der Waals surface area contributed by atoms with Crippen LogP contribution in [0.3, 0.4) is 0 Å². The number of carbonyl (C=O) groups excluding carboxylic acids is 1. The van der Waals surface area contributed by atoms with E-state index in [0.29, 0.717) is 0 Å². The molecule has 13 heavy (non-hydrogen) atoms. The summed E-state index contributed by atoms with van der Waals surface area (Å²) in [5, 5.41) is 3.25. The van der Waals surface area contributed by atoms with Gasteiger partial charge in [-0.15, -0.1) is 0 Å². The van der Waals surface area contributed by atoms with E-state index in [1.54, 1.807) is 6.08 Å². The molecule has 1 heterocycles. The van der Waals surface area contributed by atoms with Crippen LogP contribution in [0.15, 0.2) is 24.3 Å². The lowest BCUT2D eigenvalue weighted by molar-refractivity contribution is -0.115. The van der Waals surface area contributed by atoms with Crippen LogP contribution >= 0.6 is 0 Å². The van der Waals surface area contributed by atoms with Crippen LogP contribution < -0.4 is 5.32 Å². The monoisotopic (exact) mass is 171 g/mol. The molecule has 2 aliphatic rings. The number of ketones is 1. The Morgan fingerprint density at radius 2 is 2.23 bits per heavy atom. The van der Waals surface area contributed by atoms with Gasteiger partial charge in [0.25, 0.3) is 0 Å². The number of benzene rings is 1. The smallest absolute Gasteiger partial charge is 0.165 e. The zero-order chi connectivity index (χ0) is 8.84. The van der Waals surface area contributed by atoms with E-state index < -0.39 is 0 Å². The first kappa shape index (κ1) is 6.89. The zero-order valence-corrected chi connectivity index (χ0v) is 7.08.